The second-order valence-electron chi connectivity index (χ2n) is 11.7. The fourth-order valence-electron chi connectivity index (χ4n) is 4.93. The SMILES string of the molecule is CC(C)(C)c1csc(C2CN(c3ccc4nnnn4n3)CCO2)n1.Cc1csc(C2CN(c3ccc4nnnn4n3)CCO2)n1. The molecule has 2 aliphatic rings. The molecule has 0 aliphatic carbocycles. The Bertz CT molecular complexity index is 1890. The van der Waals surface area contributed by atoms with Crippen LogP contribution in [0.5, 0.6) is 0 Å². The topological polar surface area (TPSA) is 163 Å². The molecule has 18 heteroatoms. The van der Waals surface area contributed by atoms with Crippen LogP contribution in [0.2, 0.25) is 0 Å². The highest BCUT2D eigenvalue weighted by Crippen LogP contribution is 2.31. The van der Waals surface area contributed by atoms with Crippen molar-refractivity contribution in [1.29, 1.82) is 0 Å². The molecule has 234 valence electrons. The Balaban J connectivity index is 0.000000146. The van der Waals surface area contributed by atoms with Gasteiger partial charge in [-0.25, -0.2) is 9.97 Å². The minimum Gasteiger partial charge on any atom is -0.367 e. The standard InChI is InChI=1S/C15H19N7OS.C12H13N7OS/c1-15(2,3)11-9-24-14(16-11)10-8-21(6-7-23-10)13-5-4-12-17-19-20-22(12)18-13;1-8-7-21-12(13-8)9-6-18(4-5-20-9)11-3-2-10-14-16-17-19(10)15-11/h4-5,9-10H,6-8H2,1-3H3;2-3,7,9H,4-6H2,1H3. The highest BCUT2D eigenvalue weighted by molar-refractivity contribution is 7.10. The lowest BCUT2D eigenvalue weighted by atomic mass is 9.93. The summed E-state index contributed by atoms with van der Waals surface area (Å²) in [4.78, 5) is 13.7. The van der Waals surface area contributed by atoms with Gasteiger partial charge in [-0.3, -0.25) is 0 Å². The number of tetrazole rings is 2. The zero-order valence-electron chi connectivity index (χ0n) is 25.3. The minimum absolute atomic E-state index is 0.0104. The van der Waals surface area contributed by atoms with Crippen LogP contribution in [-0.2, 0) is 14.9 Å². The summed E-state index contributed by atoms with van der Waals surface area (Å²) in [5.41, 5.74) is 3.47. The molecule has 0 saturated carbocycles. The van der Waals surface area contributed by atoms with Gasteiger partial charge in [0.25, 0.3) is 0 Å². The van der Waals surface area contributed by atoms with Gasteiger partial charge in [0.2, 0.25) is 0 Å². The van der Waals surface area contributed by atoms with E-state index < -0.39 is 0 Å². The third kappa shape index (κ3) is 6.44. The maximum absolute atomic E-state index is 5.95. The first-order chi connectivity index (χ1) is 21.8. The number of aryl methyl sites for hydroxylation is 1. The van der Waals surface area contributed by atoms with Crippen molar-refractivity contribution in [3.63, 3.8) is 0 Å². The van der Waals surface area contributed by atoms with Crippen molar-refractivity contribution in [1.82, 2.24) is 60.5 Å². The summed E-state index contributed by atoms with van der Waals surface area (Å²) < 4.78 is 14.7. The molecule has 6 aromatic heterocycles. The maximum Gasteiger partial charge on any atom is 0.200 e. The highest BCUT2D eigenvalue weighted by atomic mass is 32.1. The Labute approximate surface area is 266 Å². The van der Waals surface area contributed by atoms with E-state index in [1.165, 1.54) is 9.26 Å². The Morgan fingerprint density at radius 1 is 0.733 bits per heavy atom. The lowest BCUT2D eigenvalue weighted by molar-refractivity contribution is 0.0390. The molecule has 8 rings (SSSR count). The van der Waals surface area contributed by atoms with E-state index in [9.17, 15) is 0 Å². The predicted octanol–water partition coefficient (Wildman–Crippen LogP) is 2.71. The summed E-state index contributed by atoms with van der Waals surface area (Å²) >= 11 is 3.30. The molecule has 8 heterocycles. The number of fused-ring (bicyclic) bond motifs is 2. The number of nitrogens with zero attached hydrogens (tertiary/aromatic N) is 14. The number of morpholine rings is 2. The van der Waals surface area contributed by atoms with Gasteiger partial charge in [0, 0.05) is 35.0 Å². The van der Waals surface area contributed by atoms with Gasteiger partial charge in [0.05, 0.1) is 32.0 Å². The average molecular weight is 649 g/mol. The molecule has 45 heavy (non-hydrogen) atoms. The largest absolute Gasteiger partial charge is 0.367 e. The smallest absolute Gasteiger partial charge is 0.200 e. The number of aromatic nitrogens is 12. The first kappa shape index (κ1) is 29.5. The zero-order chi connectivity index (χ0) is 31.0. The van der Waals surface area contributed by atoms with E-state index in [-0.39, 0.29) is 17.6 Å². The molecule has 2 atom stereocenters. The number of rotatable bonds is 4. The summed E-state index contributed by atoms with van der Waals surface area (Å²) in [5.74, 6) is 1.69. The van der Waals surface area contributed by atoms with Crippen molar-refractivity contribution < 1.29 is 9.47 Å². The fourth-order valence-corrected chi connectivity index (χ4v) is 6.85. The van der Waals surface area contributed by atoms with E-state index in [1.807, 2.05) is 36.6 Å². The third-order valence-electron chi connectivity index (χ3n) is 7.37. The molecule has 0 bridgehead atoms. The van der Waals surface area contributed by atoms with Crippen LogP contribution in [0.15, 0.2) is 35.0 Å². The summed E-state index contributed by atoms with van der Waals surface area (Å²) in [6.07, 6.45) is -0.0463. The molecule has 0 amide bonds. The van der Waals surface area contributed by atoms with Gasteiger partial charge < -0.3 is 19.3 Å². The molecular weight excluding hydrogens is 617 g/mol. The normalized spacial score (nSPS) is 19.2. The van der Waals surface area contributed by atoms with E-state index in [0.29, 0.717) is 24.5 Å². The monoisotopic (exact) mass is 648 g/mol. The lowest BCUT2D eigenvalue weighted by Crippen LogP contribution is -2.39. The van der Waals surface area contributed by atoms with Crippen LogP contribution in [0, 0.1) is 6.92 Å². The molecule has 2 unspecified atom stereocenters. The number of hydrogen-bond donors (Lipinski definition) is 0. The van der Waals surface area contributed by atoms with Gasteiger partial charge in [-0.1, -0.05) is 20.8 Å². The number of hydrogen-bond acceptors (Lipinski definition) is 16. The second kappa shape index (κ2) is 12.3. The van der Waals surface area contributed by atoms with Crippen LogP contribution in [0.1, 0.15) is 54.4 Å². The van der Waals surface area contributed by atoms with E-state index in [0.717, 1.165) is 59.2 Å². The number of anilines is 2. The average Bonchev–Trinajstić information content (AvgIpc) is 3.87. The predicted molar refractivity (Wildman–Crippen MR) is 167 cm³/mol. The van der Waals surface area contributed by atoms with Crippen LogP contribution in [0.3, 0.4) is 0 Å². The Morgan fingerprint density at radius 2 is 1.27 bits per heavy atom. The van der Waals surface area contributed by atoms with Crippen molar-refractivity contribution >= 4 is 45.6 Å². The number of ether oxygens (including phenoxy) is 2. The van der Waals surface area contributed by atoms with Gasteiger partial charge >= 0.3 is 0 Å². The molecule has 2 fully saturated rings. The fraction of sp³-hybridized carbons (Fsp3) is 0.481. The van der Waals surface area contributed by atoms with Crippen LogP contribution >= 0.6 is 22.7 Å². The van der Waals surface area contributed by atoms with Crippen molar-refractivity contribution in [2.45, 2.75) is 45.3 Å². The van der Waals surface area contributed by atoms with Gasteiger partial charge in [0.15, 0.2) is 22.9 Å². The van der Waals surface area contributed by atoms with Gasteiger partial charge in [-0.2, -0.15) is 0 Å². The van der Waals surface area contributed by atoms with E-state index >= 15 is 0 Å². The quantitative estimate of drug-likeness (QED) is 0.274. The first-order valence-corrected chi connectivity index (χ1v) is 16.3. The summed E-state index contributed by atoms with van der Waals surface area (Å²) in [5, 5.41) is 37.8. The Hall–Kier alpha value is -4.26. The van der Waals surface area contributed by atoms with Crippen molar-refractivity contribution in [3.05, 3.63) is 56.4 Å². The highest BCUT2D eigenvalue weighted by Gasteiger charge is 2.28. The Kier molecular flexibility index (Phi) is 8.03. The second-order valence-corrected chi connectivity index (χ2v) is 13.5. The van der Waals surface area contributed by atoms with E-state index in [1.54, 1.807) is 22.7 Å². The molecule has 2 saturated heterocycles. The summed E-state index contributed by atoms with van der Waals surface area (Å²) in [6.45, 7) is 12.8. The number of thiazole rings is 2. The van der Waals surface area contributed by atoms with Crippen molar-refractivity contribution in [3.8, 4) is 0 Å². The molecule has 0 N–H and O–H groups in total. The zero-order valence-corrected chi connectivity index (χ0v) is 26.9. The van der Waals surface area contributed by atoms with E-state index in [2.05, 4.69) is 82.2 Å². The molecule has 2 aliphatic heterocycles. The van der Waals surface area contributed by atoms with Crippen molar-refractivity contribution in [2.75, 3.05) is 49.2 Å². The van der Waals surface area contributed by atoms with Crippen LogP contribution in [0.4, 0.5) is 11.6 Å². The summed E-state index contributed by atoms with van der Waals surface area (Å²) in [6, 6.07) is 7.60. The molecular formula is C27H32N14O2S2. The van der Waals surface area contributed by atoms with Crippen molar-refractivity contribution in [2.24, 2.45) is 0 Å². The van der Waals surface area contributed by atoms with Crippen LogP contribution in [-0.4, -0.2) is 99.9 Å². The molecule has 6 aromatic rings. The third-order valence-corrected chi connectivity index (χ3v) is 9.36. The molecule has 0 aromatic carbocycles. The molecule has 0 spiro atoms. The van der Waals surface area contributed by atoms with Crippen LogP contribution in [0.25, 0.3) is 11.3 Å². The molecule has 0 radical (unpaired) electrons. The Morgan fingerprint density at radius 3 is 1.76 bits per heavy atom. The maximum atomic E-state index is 5.95. The minimum atomic E-state index is -0.0359. The van der Waals surface area contributed by atoms with Gasteiger partial charge in [-0.05, 0) is 52.0 Å². The van der Waals surface area contributed by atoms with E-state index in [4.69, 9.17) is 14.5 Å². The lowest BCUT2D eigenvalue weighted by Gasteiger charge is -2.32. The van der Waals surface area contributed by atoms with Gasteiger partial charge in [-0.15, -0.1) is 52.3 Å². The van der Waals surface area contributed by atoms with Crippen LogP contribution < -0.4 is 9.80 Å². The first-order valence-electron chi connectivity index (χ1n) is 14.5. The molecule has 16 nitrogen and oxygen atoms in total. The summed E-state index contributed by atoms with van der Waals surface area (Å²) in [7, 11) is 0. The van der Waals surface area contributed by atoms with Gasteiger partial charge in [0.1, 0.15) is 22.2 Å².